The minimum atomic E-state index is -0.431. The monoisotopic (exact) mass is 460 g/mol. The van der Waals surface area contributed by atoms with Gasteiger partial charge in [0.25, 0.3) is 0 Å². The van der Waals surface area contributed by atoms with E-state index in [0.29, 0.717) is 29.8 Å². The van der Waals surface area contributed by atoms with Crippen molar-refractivity contribution in [1.82, 2.24) is 0 Å². The summed E-state index contributed by atoms with van der Waals surface area (Å²) >= 11 is 0. The van der Waals surface area contributed by atoms with E-state index in [2.05, 4.69) is 10.6 Å². The van der Waals surface area contributed by atoms with Crippen LogP contribution in [0.15, 0.2) is 72.8 Å². The molecule has 7 heteroatoms. The van der Waals surface area contributed by atoms with Crippen LogP contribution in [0.5, 0.6) is 0 Å². The van der Waals surface area contributed by atoms with Crippen molar-refractivity contribution in [3.63, 3.8) is 0 Å². The van der Waals surface area contributed by atoms with Crippen molar-refractivity contribution in [1.29, 1.82) is 0 Å². The van der Waals surface area contributed by atoms with Crippen molar-refractivity contribution in [2.45, 2.75) is 19.3 Å². The lowest BCUT2D eigenvalue weighted by Crippen LogP contribution is -2.26. The molecule has 1 fully saturated rings. The Labute approximate surface area is 197 Å². The van der Waals surface area contributed by atoms with Gasteiger partial charge >= 0.3 is 12.0 Å². The average Bonchev–Trinajstić information content (AvgIpc) is 3.35. The van der Waals surface area contributed by atoms with Gasteiger partial charge in [0.05, 0.1) is 13.0 Å². The van der Waals surface area contributed by atoms with E-state index in [0.717, 1.165) is 17.5 Å². The smallest absolute Gasteiger partial charge is 0.323 e. The molecule has 3 aromatic rings. The molecular weight excluding hydrogens is 435 g/mol. The quantitative estimate of drug-likeness (QED) is 0.354. The second kappa shape index (κ2) is 10.3. The van der Waals surface area contributed by atoms with Gasteiger partial charge in [-0.2, -0.15) is 0 Å². The summed E-state index contributed by atoms with van der Waals surface area (Å²) in [5, 5.41) is 5.37. The zero-order chi connectivity index (χ0) is 24.1. The fourth-order valence-electron chi connectivity index (χ4n) is 4.32. The van der Waals surface area contributed by atoms with E-state index >= 15 is 0 Å². The summed E-state index contributed by atoms with van der Waals surface area (Å²) in [7, 11) is 1.36. The highest BCUT2D eigenvalue weighted by atomic mass is 19.1. The topological polar surface area (TPSA) is 84.5 Å². The van der Waals surface area contributed by atoms with Crippen LogP contribution < -0.4 is 10.6 Å². The number of carbonyl (C=O) groups is 3. The van der Waals surface area contributed by atoms with Gasteiger partial charge in [-0.25, -0.2) is 9.18 Å². The van der Waals surface area contributed by atoms with Gasteiger partial charge in [0.1, 0.15) is 5.82 Å². The third-order valence-electron chi connectivity index (χ3n) is 6.10. The van der Waals surface area contributed by atoms with Crippen molar-refractivity contribution in [3.8, 4) is 11.1 Å². The number of rotatable bonds is 6. The standard InChI is InChI=1S/C27H25FN2O4/c1-34-26(32)24-4-2-3-23(24)25(31)19-7-5-17(6-8-19)18-9-13-21(14-10-18)29-27(33)30-22-15-11-20(28)12-16-22/h5-16,23-24H,2-4H2,1H3,(H2,29,30,33)/t23-,24-/m1/s1. The molecule has 0 aliphatic heterocycles. The van der Waals surface area contributed by atoms with Gasteiger partial charge in [-0.05, 0) is 60.4 Å². The van der Waals surface area contributed by atoms with Gasteiger partial charge in [-0.1, -0.05) is 42.8 Å². The molecule has 2 amide bonds. The lowest BCUT2D eigenvalue weighted by molar-refractivity contribution is -0.146. The van der Waals surface area contributed by atoms with Crippen LogP contribution in [0.1, 0.15) is 29.6 Å². The van der Waals surface area contributed by atoms with Crippen molar-refractivity contribution in [2.24, 2.45) is 11.8 Å². The molecule has 1 aliphatic rings. The highest BCUT2D eigenvalue weighted by Crippen LogP contribution is 2.35. The van der Waals surface area contributed by atoms with Crippen molar-refractivity contribution < 1.29 is 23.5 Å². The Balaban J connectivity index is 1.38. The average molecular weight is 461 g/mol. The first-order valence-corrected chi connectivity index (χ1v) is 11.1. The Morgan fingerprint density at radius 2 is 1.26 bits per heavy atom. The molecule has 1 saturated carbocycles. The Bertz CT molecular complexity index is 1170. The number of Topliss-reactive ketones (excluding diaryl/α,β-unsaturated/α-hetero) is 1. The maximum atomic E-state index is 13.0. The van der Waals surface area contributed by atoms with Gasteiger partial charge in [0.2, 0.25) is 0 Å². The molecule has 4 rings (SSSR count). The zero-order valence-corrected chi connectivity index (χ0v) is 18.7. The number of carbonyl (C=O) groups excluding carboxylic acids is 3. The van der Waals surface area contributed by atoms with Crippen LogP contribution in [-0.4, -0.2) is 24.9 Å². The molecule has 3 aromatic carbocycles. The summed E-state index contributed by atoms with van der Waals surface area (Å²) in [4.78, 5) is 37.1. The molecule has 0 unspecified atom stereocenters. The van der Waals surface area contributed by atoms with E-state index in [9.17, 15) is 18.8 Å². The third kappa shape index (κ3) is 5.31. The summed E-state index contributed by atoms with van der Waals surface area (Å²) in [6.45, 7) is 0. The number of halogens is 1. The molecule has 2 atom stereocenters. The summed E-state index contributed by atoms with van der Waals surface area (Å²) in [6, 6.07) is 19.7. The first-order valence-electron chi connectivity index (χ1n) is 11.1. The molecule has 0 saturated heterocycles. The maximum absolute atomic E-state index is 13.0. The second-order valence-corrected chi connectivity index (χ2v) is 8.27. The van der Waals surface area contributed by atoms with Crippen molar-refractivity contribution >= 4 is 29.2 Å². The van der Waals surface area contributed by atoms with Crippen LogP contribution in [0.4, 0.5) is 20.6 Å². The van der Waals surface area contributed by atoms with Crippen LogP contribution in [0.3, 0.4) is 0 Å². The van der Waals surface area contributed by atoms with Crippen LogP contribution in [0.2, 0.25) is 0 Å². The van der Waals surface area contributed by atoms with Gasteiger partial charge in [-0.3, -0.25) is 9.59 Å². The number of esters is 1. The molecular formula is C27H25FN2O4. The molecule has 0 bridgehead atoms. The van der Waals surface area contributed by atoms with Crippen LogP contribution in [-0.2, 0) is 9.53 Å². The summed E-state index contributed by atoms with van der Waals surface area (Å²) in [5.74, 6) is -1.40. The highest BCUT2D eigenvalue weighted by Gasteiger charge is 2.38. The Morgan fingerprint density at radius 3 is 1.82 bits per heavy atom. The van der Waals surface area contributed by atoms with Crippen molar-refractivity contribution in [2.75, 3.05) is 17.7 Å². The maximum Gasteiger partial charge on any atom is 0.323 e. The summed E-state index contributed by atoms with van der Waals surface area (Å²) in [5.41, 5.74) is 3.53. The minimum Gasteiger partial charge on any atom is -0.469 e. The lowest BCUT2D eigenvalue weighted by Gasteiger charge is -2.16. The number of hydrogen-bond donors (Lipinski definition) is 2. The molecule has 1 aliphatic carbocycles. The van der Waals surface area contributed by atoms with Gasteiger partial charge in [0, 0.05) is 22.9 Å². The molecule has 0 radical (unpaired) electrons. The fraction of sp³-hybridized carbons (Fsp3) is 0.222. The zero-order valence-electron chi connectivity index (χ0n) is 18.7. The van der Waals surface area contributed by atoms with E-state index in [-0.39, 0.29) is 29.4 Å². The number of amides is 2. The normalized spacial score (nSPS) is 17.1. The molecule has 34 heavy (non-hydrogen) atoms. The summed E-state index contributed by atoms with van der Waals surface area (Å²) in [6.07, 6.45) is 2.23. The second-order valence-electron chi connectivity index (χ2n) is 8.27. The highest BCUT2D eigenvalue weighted by molar-refractivity contribution is 6.01. The van der Waals surface area contributed by atoms with Crippen LogP contribution >= 0.6 is 0 Å². The minimum absolute atomic E-state index is 0.0221. The van der Waals surface area contributed by atoms with Crippen LogP contribution in [0, 0.1) is 17.7 Å². The Hall–Kier alpha value is -4.00. The largest absolute Gasteiger partial charge is 0.469 e. The number of nitrogens with one attached hydrogen (secondary N) is 2. The Kier molecular flexibility index (Phi) is 7.01. The molecule has 0 heterocycles. The molecule has 0 spiro atoms. The van der Waals surface area contributed by atoms with E-state index in [1.54, 1.807) is 24.3 Å². The predicted molar refractivity (Wildman–Crippen MR) is 128 cm³/mol. The van der Waals surface area contributed by atoms with E-state index < -0.39 is 6.03 Å². The fourth-order valence-corrected chi connectivity index (χ4v) is 4.32. The SMILES string of the molecule is COC(=O)[C@@H]1CCC[C@H]1C(=O)c1ccc(-c2ccc(NC(=O)Nc3ccc(F)cc3)cc2)cc1. The third-order valence-corrected chi connectivity index (χ3v) is 6.10. The summed E-state index contributed by atoms with van der Waals surface area (Å²) < 4.78 is 17.8. The van der Waals surface area contributed by atoms with Crippen molar-refractivity contribution in [3.05, 3.63) is 84.2 Å². The number of hydrogen-bond acceptors (Lipinski definition) is 4. The predicted octanol–water partition coefficient (Wildman–Crippen LogP) is 5.91. The van der Waals surface area contributed by atoms with Gasteiger partial charge < -0.3 is 15.4 Å². The van der Waals surface area contributed by atoms with E-state index in [1.165, 1.54) is 31.4 Å². The van der Waals surface area contributed by atoms with E-state index in [1.807, 2.05) is 24.3 Å². The number of anilines is 2. The number of urea groups is 1. The molecule has 2 N–H and O–H groups in total. The molecule has 0 aromatic heterocycles. The number of ketones is 1. The van der Waals surface area contributed by atoms with Gasteiger partial charge in [-0.15, -0.1) is 0 Å². The van der Waals surface area contributed by atoms with Gasteiger partial charge in [0.15, 0.2) is 5.78 Å². The molecule has 6 nitrogen and oxygen atoms in total. The number of ether oxygens (including phenoxy) is 1. The van der Waals surface area contributed by atoms with E-state index in [4.69, 9.17) is 4.74 Å². The number of methoxy groups -OCH3 is 1. The lowest BCUT2D eigenvalue weighted by atomic mass is 9.88. The first kappa shape index (κ1) is 23.2. The molecule has 174 valence electrons. The van der Waals surface area contributed by atoms with Crippen LogP contribution in [0.25, 0.3) is 11.1 Å². The first-order chi connectivity index (χ1) is 16.4. The number of benzene rings is 3. The Morgan fingerprint density at radius 1 is 0.765 bits per heavy atom.